The maximum atomic E-state index is 16.1. The quantitative estimate of drug-likeness (QED) is 0.0750. The number of alkyl halides is 1. The molecule has 0 aromatic heterocycles. The van der Waals surface area contributed by atoms with E-state index in [0.717, 1.165) is 25.1 Å². The van der Waals surface area contributed by atoms with Crippen LogP contribution in [0.1, 0.15) is 103 Å². The summed E-state index contributed by atoms with van der Waals surface area (Å²) < 4.78 is 32.9. The number of allylic oxidation sites excluding steroid dienone is 4. The van der Waals surface area contributed by atoms with Gasteiger partial charge in [0.1, 0.15) is 28.5 Å². The zero-order valence-corrected chi connectivity index (χ0v) is 36.5. The fourth-order valence-corrected chi connectivity index (χ4v) is 10.8. The van der Waals surface area contributed by atoms with Gasteiger partial charge in [0.15, 0.2) is 28.5 Å². The van der Waals surface area contributed by atoms with Crippen molar-refractivity contribution < 1.29 is 42.9 Å². The number of carbonyl (C=O) groups excluding carboxylic acids is 4. The number of carbonyl (C=O) groups is 4. The second-order valence-electron chi connectivity index (χ2n) is 18.4. The van der Waals surface area contributed by atoms with Crippen LogP contribution in [0.25, 0.3) is 6.08 Å². The van der Waals surface area contributed by atoms with Gasteiger partial charge in [0.05, 0.1) is 24.2 Å². The van der Waals surface area contributed by atoms with Gasteiger partial charge in [-0.05, 0) is 100 Å². The van der Waals surface area contributed by atoms with Gasteiger partial charge in [-0.3, -0.25) is 19.3 Å². The summed E-state index contributed by atoms with van der Waals surface area (Å²) >= 11 is 6.10. The lowest BCUT2D eigenvalue weighted by Crippen LogP contribution is -2.82. The van der Waals surface area contributed by atoms with Gasteiger partial charge in [-0.2, -0.15) is 0 Å². The largest absolute Gasteiger partial charge is 0.482 e. The first-order valence-electron chi connectivity index (χ1n) is 20.6. The Morgan fingerprint density at radius 1 is 0.966 bits per heavy atom. The monoisotopic (exact) mass is 818 g/mol. The molecule has 3 aliphatic carbocycles. The highest BCUT2D eigenvalue weighted by Crippen LogP contribution is 2.71. The van der Waals surface area contributed by atoms with Crippen molar-refractivity contribution in [2.75, 3.05) is 46.2 Å². The van der Waals surface area contributed by atoms with E-state index in [1.165, 1.54) is 12.7 Å². The Bertz CT molecular complexity index is 2030. The number of methoxy groups -OCH3 is 1. The second kappa shape index (κ2) is 15.4. The standard InChI is InChI=1S/C46H59ClN2O9/c1-26(2)12-11-17-44(8)18-16-30-38(56-44)29(14-13-27(3)4)40-34(39(30)55-33(50)25-47)37(51)35-36(49-22-20-48(9)21-23-49)31-24-32-43(6,7)58-45(41(31)52,46(32,35)57-40)19-15-28(5)42(53)54-10/h12-13,15-16,18,31-32,35-36H,11,14,17,19-25H2,1-10H3. The summed E-state index contributed by atoms with van der Waals surface area (Å²) in [5.74, 6) is -3.17. The molecule has 11 nitrogen and oxygen atoms in total. The Balaban J connectivity index is 1.53. The fourth-order valence-electron chi connectivity index (χ4n) is 10.7. The molecule has 1 aromatic carbocycles. The predicted octanol–water partition coefficient (Wildman–Crippen LogP) is 7.07. The molecule has 4 heterocycles. The molecule has 58 heavy (non-hydrogen) atoms. The van der Waals surface area contributed by atoms with Crippen LogP contribution in [-0.2, 0) is 30.3 Å². The summed E-state index contributed by atoms with van der Waals surface area (Å²) in [7, 11) is 3.39. The number of esters is 2. The lowest BCUT2D eigenvalue weighted by Gasteiger charge is -2.65. The van der Waals surface area contributed by atoms with E-state index in [1.54, 1.807) is 13.0 Å². The number of benzene rings is 1. The number of piperazine rings is 1. The fraction of sp³-hybridized carbons (Fsp3) is 0.609. The normalized spacial score (nSPS) is 32.0. The van der Waals surface area contributed by atoms with Crippen molar-refractivity contribution in [3.05, 3.63) is 57.7 Å². The van der Waals surface area contributed by atoms with Crippen molar-refractivity contribution in [3.8, 4) is 17.2 Å². The number of hydrogen-bond acceptors (Lipinski definition) is 11. The van der Waals surface area contributed by atoms with Crippen LogP contribution in [0.4, 0.5) is 0 Å². The molecule has 4 aliphatic heterocycles. The van der Waals surface area contributed by atoms with Crippen LogP contribution in [0.2, 0.25) is 0 Å². The van der Waals surface area contributed by atoms with Crippen molar-refractivity contribution in [2.45, 2.75) is 116 Å². The van der Waals surface area contributed by atoms with Gasteiger partial charge >= 0.3 is 11.9 Å². The first-order valence-corrected chi connectivity index (χ1v) is 21.2. The molecule has 2 saturated heterocycles. The Hall–Kier alpha value is -3.77. The molecule has 0 radical (unpaired) electrons. The van der Waals surface area contributed by atoms with Crippen molar-refractivity contribution in [1.29, 1.82) is 0 Å². The molecule has 8 rings (SSSR count). The number of ether oxygens (including phenoxy) is 5. The average Bonchev–Trinajstić information content (AvgIpc) is 3.31. The number of ketones is 2. The number of hydrogen-bond donors (Lipinski definition) is 0. The molecule has 314 valence electrons. The Kier molecular flexibility index (Phi) is 11.2. The highest BCUT2D eigenvalue weighted by Gasteiger charge is 2.86. The predicted molar refractivity (Wildman–Crippen MR) is 222 cm³/mol. The minimum atomic E-state index is -1.63. The first-order chi connectivity index (χ1) is 27.3. The lowest BCUT2D eigenvalue weighted by molar-refractivity contribution is -0.214. The van der Waals surface area contributed by atoms with Crippen LogP contribution in [0.15, 0.2) is 41.0 Å². The summed E-state index contributed by atoms with van der Waals surface area (Å²) in [6, 6.07) is -0.506. The van der Waals surface area contributed by atoms with Gasteiger partial charge in [0, 0.05) is 61.6 Å². The van der Waals surface area contributed by atoms with Crippen molar-refractivity contribution in [3.63, 3.8) is 0 Å². The summed E-state index contributed by atoms with van der Waals surface area (Å²) in [5, 5.41) is 0. The summed E-state index contributed by atoms with van der Waals surface area (Å²) in [5.41, 5.74) is -0.940. The molecule has 4 bridgehead atoms. The van der Waals surface area contributed by atoms with Gasteiger partial charge in [-0.15, -0.1) is 11.6 Å². The highest BCUT2D eigenvalue weighted by atomic mass is 35.5. The van der Waals surface area contributed by atoms with Crippen LogP contribution in [-0.4, -0.2) is 108 Å². The number of Topliss-reactive ketones (excluding diaryl/α,β-unsaturated/α-hetero) is 2. The molecule has 12 heteroatoms. The number of fused-ring (bicyclic) bond motifs is 2. The molecule has 1 spiro atoms. The number of halogens is 1. The molecule has 7 aliphatic rings. The van der Waals surface area contributed by atoms with E-state index < -0.39 is 64.0 Å². The molecule has 3 saturated carbocycles. The van der Waals surface area contributed by atoms with Gasteiger partial charge in [0.2, 0.25) is 0 Å². The maximum Gasteiger partial charge on any atom is 0.333 e. The summed E-state index contributed by atoms with van der Waals surface area (Å²) in [6.07, 6.45) is 12.0. The number of likely N-dealkylation sites (N-methyl/N-ethyl adjacent to an activating group) is 1. The minimum Gasteiger partial charge on any atom is -0.482 e. The van der Waals surface area contributed by atoms with E-state index in [1.807, 2.05) is 46.8 Å². The SMILES string of the molecule is COC(=O)C(C)=CCC12OC(C)(C)C3CC(C1=O)C(N1CCN(C)CC1)C1C(=O)c4c(OC(=O)CCl)c5c(c(CC=C(C)C)c4OC132)OC(C)(CCC=C(C)C)C=C5. The molecule has 5 fully saturated rings. The van der Waals surface area contributed by atoms with Crippen LogP contribution in [0.3, 0.4) is 0 Å². The van der Waals surface area contributed by atoms with Gasteiger partial charge in [0.25, 0.3) is 0 Å². The van der Waals surface area contributed by atoms with E-state index in [-0.39, 0.29) is 35.0 Å². The first kappa shape index (κ1) is 42.4. The smallest absolute Gasteiger partial charge is 0.333 e. The van der Waals surface area contributed by atoms with E-state index >= 15 is 9.59 Å². The Labute approximate surface area is 347 Å². The van der Waals surface area contributed by atoms with E-state index in [0.29, 0.717) is 54.8 Å². The Morgan fingerprint density at radius 2 is 1.66 bits per heavy atom. The summed E-state index contributed by atoms with van der Waals surface area (Å²) in [6.45, 7) is 18.6. The molecule has 0 N–H and O–H groups in total. The maximum absolute atomic E-state index is 16.1. The second-order valence-corrected chi connectivity index (χ2v) is 18.6. The third kappa shape index (κ3) is 6.68. The van der Waals surface area contributed by atoms with E-state index in [2.05, 4.69) is 42.8 Å². The van der Waals surface area contributed by atoms with Crippen LogP contribution in [0.5, 0.6) is 17.2 Å². The van der Waals surface area contributed by atoms with Gasteiger partial charge < -0.3 is 28.6 Å². The molecule has 0 amide bonds. The van der Waals surface area contributed by atoms with E-state index in [9.17, 15) is 9.59 Å². The highest BCUT2D eigenvalue weighted by molar-refractivity contribution is 6.26. The van der Waals surface area contributed by atoms with Crippen molar-refractivity contribution >= 4 is 41.2 Å². The molecule has 7 unspecified atom stereocenters. The van der Waals surface area contributed by atoms with E-state index in [4.69, 9.17) is 35.3 Å². The van der Waals surface area contributed by atoms with Crippen LogP contribution in [0, 0.1) is 17.8 Å². The molecule has 7 atom stereocenters. The average molecular weight is 819 g/mol. The third-order valence-electron chi connectivity index (χ3n) is 13.5. The molecular formula is C46H59ClN2O9. The lowest BCUT2D eigenvalue weighted by atomic mass is 9.44. The zero-order valence-electron chi connectivity index (χ0n) is 35.7. The van der Waals surface area contributed by atoms with Crippen LogP contribution < -0.4 is 14.2 Å². The zero-order chi connectivity index (χ0) is 42.1. The summed E-state index contributed by atoms with van der Waals surface area (Å²) in [4.78, 5) is 62.2. The van der Waals surface area contributed by atoms with Crippen LogP contribution >= 0.6 is 11.6 Å². The Morgan fingerprint density at radius 3 is 2.29 bits per heavy atom. The molecular weight excluding hydrogens is 760 g/mol. The number of nitrogens with zero attached hydrogens (tertiary/aromatic N) is 2. The third-order valence-corrected chi connectivity index (χ3v) is 13.7. The number of rotatable bonds is 11. The van der Waals surface area contributed by atoms with Gasteiger partial charge in [-0.1, -0.05) is 29.4 Å². The van der Waals surface area contributed by atoms with Crippen molar-refractivity contribution in [2.24, 2.45) is 17.8 Å². The topological polar surface area (TPSA) is 121 Å². The van der Waals surface area contributed by atoms with Gasteiger partial charge in [-0.25, -0.2) is 4.79 Å². The molecule has 1 aromatic rings. The van der Waals surface area contributed by atoms with Crippen molar-refractivity contribution in [1.82, 2.24) is 9.80 Å². The minimum absolute atomic E-state index is 0.00176.